The molecule has 84 valence electrons. The zero-order chi connectivity index (χ0) is 11.4. The van der Waals surface area contributed by atoms with Gasteiger partial charge in [0.2, 0.25) is 0 Å². The molecule has 0 spiro atoms. The maximum Gasteiger partial charge on any atom is 0.130 e. The molecule has 0 atom stereocenters. The Kier molecular flexibility index (Phi) is 3.94. The van der Waals surface area contributed by atoms with Crippen LogP contribution in [0.15, 0.2) is 6.07 Å². The minimum absolute atomic E-state index is 0.140. The van der Waals surface area contributed by atoms with E-state index in [9.17, 15) is 5.11 Å². The summed E-state index contributed by atoms with van der Waals surface area (Å²) in [5.41, 5.74) is 2.10. The number of methoxy groups -OCH3 is 2. The van der Waals surface area contributed by atoms with E-state index in [-0.39, 0.29) is 13.2 Å². The summed E-state index contributed by atoms with van der Waals surface area (Å²) < 4.78 is 10.3. The molecule has 0 aliphatic rings. The molecule has 0 aliphatic carbocycles. The number of hydrogen-bond acceptors (Lipinski definition) is 4. The molecule has 1 rings (SSSR count). The first-order chi connectivity index (χ1) is 7.19. The van der Waals surface area contributed by atoms with E-state index in [1.165, 1.54) is 7.11 Å². The van der Waals surface area contributed by atoms with Crippen molar-refractivity contribution in [2.75, 3.05) is 14.2 Å². The van der Waals surface area contributed by atoms with Crippen LogP contribution in [0, 0.1) is 6.92 Å². The summed E-state index contributed by atoms with van der Waals surface area (Å²) >= 11 is 0. The molecule has 0 saturated heterocycles. The lowest BCUT2D eigenvalue weighted by atomic mass is 10.0. The Morgan fingerprint density at radius 3 is 2.20 bits per heavy atom. The summed E-state index contributed by atoms with van der Waals surface area (Å²) in [6, 6.07) is 1.72. The molecule has 0 aliphatic heterocycles. The molecule has 0 bridgehead atoms. The van der Waals surface area contributed by atoms with Crippen molar-refractivity contribution < 1.29 is 19.7 Å². The Hall–Kier alpha value is -1.26. The van der Waals surface area contributed by atoms with Gasteiger partial charge in [0.15, 0.2) is 0 Å². The second-order valence-corrected chi connectivity index (χ2v) is 3.19. The first-order valence-electron chi connectivity index (χ1n) is 4.64. The maximum atomic E-state index is 9.25. The third kappa shape index (κ3) is 2.06. The van der Waals surface area contributed by atoms with Gasteiger partial charge in [0.25, 0.3) is 0 Å². The molecule has 1 aromatic rings. The monoisotopic (exact) mass is 212 g/mol. The molecule has 1 aromatic carbocycles. The van der Waals surface area contributed by atoms with Gasteiger partial charge in [0.1, 0.15) is 11.5 Å². The van der Waals surface area contributed by atoms with E-state index in [1.54, 1.807) is 13.2 Å². The van der Waals surface area contributed by atoms with Crippen LogP contribution in [0.25, 0.3) is 0 Å². The minimum atomic E-state index is -0.146. The highest BCUT2D eigenvalue weighted by molar-refractivity contribution is 5.52. The minimum Gasteiger partial charge on any atom is -0.496 e. The molecule has 0 amide bonds. The fourth-order valence-corrected chi connectivity index (χ4v) is 1.62. The van der Waals surface area contributed by atoms with Gasteiger partial charge in [-0.15, -0.1) is 0 Å². The summed E-state index contributed by atoms with van der Waals surface area (Å²) in [5, 5.41) is 18.4. The largest absolute Gasteiger partial charge is 0.496 e. The number of benzene rings is 1. The van der Waals surface area contributed by atoms with Crippen molar-refractivity contribution in [2.45, 2.75) is 20.1 Å². The van der Waals surface area contributed by atoms with Gasteiger partial charge < -0.3 is 19.7 Å². The van der Waals surface area contributed by atoms with Crippen molar-refractivity contribution in [3.8, 4) is 11.5 Å². The topological polar surface area (TPSA) is 58.9 Å². The van der Waals surface area contributed by atoms with Gasteiger partial charge in [-0.1, -0.05) is 0 Å². The lowest BCUT2D eigenvalue weighted by Crippen LogP contribution is -2.02. The highest BCUT2D eigenvalue weighted by atomic mass is 16.5. The second kappa shape index (κ2) is 5.00. The van der Waals surface area contributed by atoms with Gasteiger partial charge in [0, 0.05) is 16.7 Å². The summed E-state index contributed by atoms with van der Waals surface area (Å²) in [4.78, 5) is 0. The van der Waals surface area contributed by atoms with Crippen molar-refractivity contribution in [2.24, 2.45) is 0 Å². The summed E-state index contributed by atoms with van der Waals surface area (Å²) in [6.45, 7) is 1.56. The van der Waals surface area contributed by atoms with E-state index < -0.39 is 0 Å². The molecule has 4 nitrogen and oxygen atoms in total. The average Bonchev–Trinajstić information content (AvgIpc) is 2.28. The smallest absolute Gasteiger partial charge is 0.130 e. The third-order valence-electron chi connectivity index (χ3n) is 2.45. The Balaban J connectivity index is 3.43. The van der Waals surface area contributed by atoms with Crippen LogP contribution in [-0.4, -0.2) is 24.4 Å². The quantitative estimate of drug-likeness (QED) is 0.781. The molecule has 2 N–H and O–H groups in total. The van der Waals surface area contributed by atoms with E-state index in [0.717, 1.165) is 5.56 Å². The Morgan fingerprint density at radius 2 is 1.80 bits per heavy atom. The first-order valence-corrected chi connectivity index (χ1v) is 4.64. The van der Waals surface area contributed by atoms with E-state index >= 15 is 0 Å². The lowest BCUT2D eigenvalue weighted by Gasteiger charge is -2.16. The van der Waals surface area contributed by atoms with Crippen LogP contribution >= 0.6 is 0 Å². The average molecular weight is 212 g/mol. The predicted molar refractivity (Wildman–Crippen MR) is 56.1 cm³/mol. The predicted octanol–water partition coefficient (Wildman–Crippen LogP) is 0.997. The van der Waals surface area contributed by atoms with Crippen LogP contribution in [0.1, 0.15) is 16.7 Å². The highest BCUT2D eigenvalue weighted by Crippen LogP contribution is 2.33. The molecular weight excluding hydrogens is 196 g/mol. The number of aliphatic hydroxyl groups excluding tert-OH is 2. The zero-order valence-corrected chi connectivity index (χ0v) is 9.20. The second-order valence-electron chi connectivity index (χ2n) is 3.19. The normalized spacial score (nSPS) is 10.2. The van der Waals surface area contributed by atoms with Crippen LogP contribution in [0.3, 0.4) is 0 Å². The van der Waals surface area contributed by atoms with Crippen molar-refractivity contribution in [3.05, 3.63) is 22.8 Å². The summed E-state index contributed by atoms with van der Waals surface area (Å²) in [6.07, 6.45) is 0. The number of aliphatic hydroxyl groups is 2. The molecule has 4 heteroatoms. The van der Waals surface area contributed by atoms with Crippen molar-refractivity contribution >= 4 is 0 Å². The SMILES string of the molecule is COc1cc(CO)c(OC)c(CO)c1C. The number of rotatable bonds is 4. The van der Waals surface area contributed by atoms with Crippen LogP contribution in [0.5, 0.6) is 11.5 Å². The molecule has 15 heavy (non-hydrogen) atoms. The molecule has 0 radical (unpaired) electrons. The Labute approximate surface area is 89.1 Å². The standard InChI is InChI=1S/C11H16O4/c1-7-9(6-13)11(15-3)8(5-12)4-10(7)14-2/h4,12-13H,5-6H2,1-3H3. The molecule has 0 unspecified atom stereocenters. The van der Waals surface area contributed by atoms with Crippen LogP contribution in [0.2, 0.25) is 0 Å². The van der Waals surface area contributed by atoms with Crippen LogP contribution in [0.4, 0.5) is 0 Å². The van der Waals surface area contributed by atoms with Gasteiger partial charge in [-0.25, -0.2) is 0 Å². The van der Waals surface area contributed by atoms with Crippen molar-refractivity contribution in [3.63, 3.8) is 0 Å². The van der Waals surface area contributed by atoms with Gasteiger partial charge in [0.05, 0.1) is 27.4 Å². The van der Waals surface area contributed by atoms with E-state index in [4.69, 9.17) is 14.6 Å². The van der Waals surface area contributed by atoms with Crippen molar-refractivity contribution in [1.82, 2.24) is 0 Å². The van der Waals surface area contributed by atoms with Gasteiger partial charge in [-0.05, 0) is 13.0 Å². The zero-order valence-electron chi connectivity index (χ0n) is 9.20. The maximum absolute atomic E-state index is 9.25. The highest BCUT2D eigenvalue weighted by Gasteiger charge is 2.15. The number of ether oxygens (including phenoxy) is 2. The van der Waals surface area contributed by atoms with E-state index in [2.05, 4.69) is 0 Å². The van der Waals surface area contributed by atoms with Crippen molar-refractivity contribution in [1.29, 1.82) is 0 Å². The summed E-state index contributed by atoms with van der Waals surface area (Å²) in [5.74, 6) is 1.17. The fraction of sp³-hybridized carbons (Fsp3) is 0.455. The van der Waals surface area contributed by atoms with Gasteiger partial charge >= 0.3 is 0 Å². The fourth-order valence-electron chi connectivity index (χ4n) is 1.62. The van der Waals surface area contributed by atoms with Crippen LogP contribution < -0.4 is 9.47 Å². The summed E-state index contributed by atoms with van der Waals surface area (Å²) in [7, 11) is 3.07. The third-order valence-corrected chi connectivity index (χ3v) is 2.45. The lowest BCUT2D eigenvalue weighted by molar-refractivity contribution is 0.258. The van der Waals surface area contributed by atoms with Gasteiger partial charge in [-0.2, -0.15) is 0 Å². The Bertz CT molecular complexity index is 347. The molecule has 0 heterocycles. The Morgan fingerprint density at radius 1 is 1.13 bits per heavy atom. The molecular formula is C11H16O4. The molecule has 0 aromatic heterocycles. The molecule has 0 saturated carbocycles. The van der Waals surface area contributed by atoms with Gasteiger partial charge in [-0.3, -0.25) is 0 Å². The molecule has 0 fully saturated rings. The number of hydrogen-bond donors (Lipinski definition) is 2. The van der Waals surface area contributed by atoms with E-state index in [0.29, 0.717) is 22.6 Å². The van der Waals surface area contributed by atoms with Crippen LogP contribution in [-0.2, 0) is 13.2 Å². The first kappa shape index (κ1) is 11.8. The van der Waals surface area contributed by atoms with E-state index in [1.807, 2.05) is 6.92 Å².